The zero-order chi connectivity index (χ0) is 16.0. The molecule has 21 heavy (non-hydrogen) atoms. The molecular weight excluding hydrogens is 307 g/mol. The SMILES string of the molecule is CC(CO)CNC(=O)/C=C/c1ccc(Cl)c(C(F)(F)F)c1. The van der Waals surface area contributed by atoms with Gasteiger partial charge in [-0.3, -0.25) is 4.79 Å². The molecule has 1 amide bonds. The summed E-state index contributed by atoms with van der Waals surface area (Å²) in [5.41, 5.74) is -0.724. The van der Waals surface area contributed by atoms with Crippen molar-refractivity contribution in [1.82, 2.24) is 5.32 Å². The molecule has 0 radical (unpaired) electrons. The molecule has 0 aliphatic carbocycles. The van der Waals surface area contributed by atoms with Crippen molar-refractivity contribution < 1.29 is 23.1 Å². The maximum Gasteiger partial charge on any atom is 0.417 e. The molecule has 0 aromatic heterocycles. The van der Waals surface area contributed by atoms with Gasteiger partial charge in [-0.25, -0.2) is 0 Å². The maximum absolute atomic E-state index is 12.7. The molecule has 0 aliphatic heterocycles. The first-order valence-corrected chi connectivity index (χ1v) is 6.55. The van der Waals surface area contributed by atoms with E-state index in [2.05, 4.69) is 5.32 Å². The molecule has 3 nitrogen and oxygen atoms in total. The van der Waals surface area contributed by atoms with Crippen LogP contribution in [0.15, 0.2) is 24.3 Å². The molecule has 1 unspecified atom stereocenters. The van der Waals surface area contributed by atoms with Crippen LogP contribution in [0.2, 0.25) is 5.02 Å². The van der Waals surface area contributed by atoms with Crippen LogP contribution in [-0.4, -0.2) is 24.2 Å². The summed E-state index contributed by atoms with van der Waals surface area (Å²) in [4.78, 5) is 11.5. The minimum Gasteiger partial charge on any atom is -0.396 e. The number of hydrogen-bond acceptors (Lipinski definition) is 2. The van der Waals surface area contributed by atoms with Crippen LogP contribution >= 0.6 is 11.6 Å². The highest BCUT2D eigenvalue weighted by Crippen LogP contribution is 2.35. The molecule has 116 valence electrons. The Balaban J connectivity index is 2.75. The molecule has 1 aromatic rings. The molecule has 1 atom stereocenters. The second kappa shape index (κ2) is 7.47. The summed E-state index contributed by atoms with van der Waals surface area (Å²) in [7, 11) is 0. The lowest BCUT2D eigenvalue weighted by Crippen LogP contribution is -2.27. The van der Waals surface area contributed by atoms with Crippen LogP contribution in [0.3, 0.4) is 0 Å². The topological polar surface area (TPSA) is 49.3 Å². The van der Waals surface area contributed by atoms with Crippen molar-refractivity contribution in [2.24, 2.45) is 5.92 Å². The summed E-state index contributed by atoms with van der Waals surface area (Å²) in [6, 6.07) is 3.40. The van der Waals surface area contributed by atoms with Gasteiger partial charge >= 0.3 is 6.18 Å². The summed E-state index contributed by atoms with van der Waals surface area (Å²) in [6.07, 6.45) is -2.14. The molecule has 0 fully saturated rings. The molecule has 1 rings (SSSR count). The number of halogens is 4. The average molecular weight is 322 g/mol. The van der Waals surface area contributed by atoms with Gasteiger partial charge in [-0.2, -0.15) is 13.2 Å². The molecule has 0 heterocycles. The molecule has 0 aliphatic rings. The molecule has 2 N–H and O–H groups in total. The molecule has 7 heteroatoms. The van der Waals surface area contributed by atoms with Crippen LogP contribution in [0.4, 0.5) is 13.2 Å². The van der Waals surface area contributed by atoms with E-state index in [9.17, 15) is 18.0 Å². The van der Waals surface area contributed by atoms with Crippen molar-refractivity contribution in [3.8, 4) is 0 Å². The molecule has 0 saturated heterocycles. The first-order chi connectivity index (χ1) is 9.74. The van der Waals surface area contributed by atoms with Gasteiger partial charge in [-0.05, 0) is 29.7 Å². The van der Waals surface area contributed by atoms with Gasteiger partial charge in [0.2, 0.25) is 5.91 Å². The highest BCUT2D eigenvalue weighted by molar-refractivity contribution is 6.31. The van der Waals surface area contributed by atoms with E-state index in [4.69, 9.17) is 16.7 Å². The number of hydrogen-bond donors (Lipinski definition) is 2. The van der Waals surface area contributed by atoms with Gasteiger partial charge in [0.05, 0.1) is 10.6 Å². The van der Waals surface area contributed by atoms with Gasteiger partial charge in [-0.15, -0.1) is 0 Å². The lowest BCUT2D eigenvalue weighted by Gasteiger charge is -2.09. The summed E-state index contributed by atoms with van der Waals surface area (Å²) < 4.78 is 38.0. The zero-order valence-electron chi connectivity index (χ0n) is 11.2. The third-order valence-corrected chi connectivity index (χ3v) is 2.99. The zero-order valence-corrected chi connectivity index (χ0v) is 12.0. The van der Waals surface area contributed by atoms with Gasteiger partial charge in [0.1, 0.15) is 0 Å². The van der Waals surface area contributed by atoms with E-state index in [1.807, 2.05) is 0 Å². The van der Waals surface area contributed by atoms with E-state index in [-0.39, 0.29) is 29.7 Å². The van der Waals surface area contributed by atoms with Gasteiger partial charge in [-0.1, -0.05) is 24.6 Å². The molecule has 0 saturated carbocycles. The third kappa shape index (κ3) is 5.77. The fourth-order valence-electron chi connectivity index (χ4n) is 1.43. The predicted molar refractivity (Wildman–Crippen MR) is 74.7 cm³/mol. The number of aliphatic hydroxyl groups excluding tert-OH is 1. The van der Waals surface area contributed by atoms with Gasteiger partial charge < -0.3 is 10.4 Å². The van der Waals surface area contributed by atoms with Gasteiger partial charge in [0.25, 0.3) is 0 Å². The Morgan fingerprint density at radius 1 is 1.48 bits per heavy atom. The summed E-state index contributed by atoms with van der Waals surface area (Å²) in [6.45, 7) is 1.98. The summed E-state index contributed by atoms with van der Waals surface area (Å²) in [5, 5.41) is 10.9. The van der Waals surface area contributed by atoms with Crippen molar-refractivity contribution in [1.29, 1.82) is 0 Å². The number of carbonyl (C=O) groups excluding carboxylic acids is 1. The second-order valence-electron chi connectivity index (χ2n) is 4.60. The van der Waals surface area contributed by atoms with Crippen molar-refractivity contribution in [3.63, 3.8) is 0 Å². The number of nitrogens with one attached hydrogen (secondary N) is 1. The molecule has 0 spiro atoms. The Labute approximate surface area is 125 Å². The molecular formula is C14H15ClF3NO2. The Morgan fingerprint density at radius 3 is 2.71 bits per heavy atom. The van der Waals surface area contributed by atoms with Crippen molar-refractivity contribution >= 4 is 23.6 Å². The minimum atomic E-state index is -4.54. The highest BCUT2D eigenvalue weighted by Gasteiger charge is 2.33. The first-order valence-electron chi connectivity index (χ1n) is 6.17. The van der Waals surface area contributed by atoms with Crippen molar-refractivity contribution in [2.45, 2.75) is 13.1 Å². The van der Waals surface area contributed by atoms with Crippen LogP contribution in [-0.2, 0) is 11.0 Å². The fraction of sp³-hybridized carbons (Fsp3) is 0.357. The maximum atomic E-state index is 12.7. The van der Waals surface area contributed by atoms with Crippen molar-refractivity contribution in [2.75, 3.05) is 13.2 Å². The normalized spacial score (nSPS) is 13.4. The Hall–Kier alpha value is -1.53. The molecule has 0 bridgehead atoms. The number of aliphatic hydroxyl groups is 1. The average Bonchev–Trinajstić information content (AvgIpc) is 2.42. The smallest absolute Gasteiger partial charge is 0.396 e. The Morgan fingerprint density at radius 2 is 2.14 bits per heavy atom. The van der Waals surface area contributed by atoms with E-state index < -0.39 is 17.6 Å². The van der Waals surface area contributed by atoms with Crippen molar-refractivity contribution in [3.05, 3.63) is 40.4 Å². The van der Waals surface area contributed by atoms with Gasteiger partial charge in [0.15, 0.2) is 0 Å². The van der Waals surface area contributed by atoms with Crippen LogP contribution in [0.5, 0.6) is 0 Å². The number of rotatable bonds is 5. The highest BCUT2D eigenvalue weighted by atomic mass is 35.5. The van der Waals surface area contributed by atoms with E-state index in [1.54, 1.807) is 6.92 Å². The number of amides is 1. The first kappa shape index (κ1) is 17.5. The van der Waals surface area contributed by atoms with Crippen LogP contribution in [0, 0.1) is 5.92 Å². The third-order valence-electron chi connectivity index (χ3n) is 2.66. The number of carbonyl (C=O) groups is 1. The Kier molecular flexibility index (Phi) is 6.23. The van der Waals surface area contributed by atoms with E-state index in [0.717, 1.165) is 18.2 Å². The predicted octanol–water partition coefficient (Wildman–Crippen LogP) is 3.12. The summed E-state index contributed by atoms with van der Waals surface area (Å²) in [5.74, 6) is -0.534. The quantitative estimate of drug-likeness (QED) is 0.819. The second-order valence-corrected chi connectivity index (χ2v) is 5.01. The standard InChI is InChI=1S/C14H15ClF3NO2/c1-9(8-20)7-19-13(21)5-3-10-2-4-12(15)11(6-10)14(16,17)18/h2-6,9,20H,7-8H2,1H3,(H,19,21)/b5-3+. The largest absolute Gasteiger partial charge is 0.417 e. The van der Waals surface area contributed by atoms with Crippen LogP contribution in [0.25, 0.3) is 6.08 Å². The van der Waals surface area contributed by atoms with Gasteiger partial charge in [0, 0.05) is 19.2 Å². The van der Waals surface area contributed by atoms with Crippen LogP contribution < -0.4 is 5.32 Å². The minimum absolute atomic E-state index is 0.0594. The van der Waals surface area contributed by atoms with E-state index in [0.29, 0.717) is 0 Å². The van der Waals surface area contributed by atoms with E-state index >= 15 is 0 Å². The fourth-order valence-corrected chi connectivity index (χ4v) is 1.66. The lowest BCUT2D eigenvalue weighted by atomic mass is 10.1. The lowest BCUT2D eigenvalue weighted by molar-refractivity contribution is -0.137. The Bertz CT molecular complexity index is 529. The number of alkyl halides is 3. The summed E-state index contributed by atoms with van der Waals surface area (Å²) >= 11 is 5.50. The monoisotopic (exact) mass is 321 g/mol. The van der Waals surface area contributed by atoms with E-state index in [1.165, 1.54) is 12.1 Å². The number of benzene rings is 1. The van der Waals surface area contributed by atoms with Crippen LogP contribution in [0.1, 0.15) is 18.1 Å². The molecule has 1 aromatic carbocycles.